The Kier molecular flexibility index (Phi) is 8.03. The zero-order chi connectivity index (χ0) is 24.6. The van der Waals surface area contributed by atoms with Gasteiger partial charge in [-0.1, -0.05) is 26.0 Å². The summed E-state index contributed by atoms with van der Waals surface area (Å²) < 4.78 is 0. The van der Waals surface area contributed by atoms with E-state index in [1.807, 2.05) is 52.3 Å². The molecule has 0 spiro atoms. The van der Waals surface area contributed by atoms with Crippen LogP contribution in [0.4, 0.5) is 11.6 Å². The van der Waals surface area contributed by atoms with Crippen LogP contribution >= 0.6 is 0 Å². The van der Waals surface area contributed by atoms with Crippen LogP contribution in [0.3, 0.4) is 0 Å². The Morgan fingerprint density at radius 1 is 0.943 bits per heavy atom. The van der Waals surface area contributed by atoms with Gasteiger partial charge in [-0.3, -0.25) is 14.6 Å². The Morgan fingerprint density at radius 3 is 2.43 bits per heavy atom. The number of hydrogen-bond acceptors (Lipinski definition) is 6. The van der Waals surface area contributed by atoms with E-state index in [-0.39, 0.29) is 17.7 Å². The first-order valence-corrected chi connectivity index (χ1v) is 12.1. The second-order valence-corrected chi connectivity index (χ2v) is 9.36. The number of pyridine rings is 1. The minimum absolute atomic E-state index is 0.0493. The molecule has 1 unspecified atom stereocenters. The molecule has 0 saturated carbocycles. The number of carbonyl (C=O) groups excluding carboxylic acids is 2. The SMILES string of the molecule is CC(C)CC(=O)N1CCN(C(=O)c2cccc(Nc3ncccn3)c2)CC(Cc2ccccn2)C1. The molecular formula is C27H32N6O2. The Labute approximate surface area is 206 Å². The number of aromatic nitrogens is 3. The maximum absolute atomic E-state index is 13.6. The molecule has 2 amide bonds. The van der Waals surface area contributed by atoms with E-state index in [1.54, 1.807) is 24.7 Å². The molecule has 8 nitrogen and oxygen atoms in total. The lowest BCUT2D eigenvalue weighted by Crippen LogP contribution is -2.37. The number of hydrogen-bond donors (Lipinski definition) is 1. The predicted molar refractivity (Wildman–Crippen MR) is 135 cm³/mol. The lowest BCUT2D eigenvalue weighted by Gasteiger charge is -2.25. The summed E-state index contributed by atoms with van der Waals surface area (Å²) in [4.78, 5) is 43.1. The van der Waals surface area contributed by atoms with Crippen LogP contribution in [0, 0.1) is 11.8 Å². The van der Waals surface area contributed by atoms with Gasteiger partial charge in [0.1, 0.15) is 0 Å². The van der Waals surface area contributed by atoms with Crippen LogP contribution in [0.5, 0.6) is 0 Å². The molecule has 4 rings (SSSR count). The summed E-state index contributed by atoms with van der Waals surface area (Å²) in [5.74, 6) is 0.968. The van der Waals surface area contributed by atoms with Crippen LogP contribution in [0.25, 0.3) is 0 Å². The molecular weight excluding hydrogens is 440 g/mol. The van der Waals surface area contributed by atoms with Crippen molar-refractivity contribution in [1.29, 1.82) is 0 Å². The fourth-order valence-corrected chi connectivity index (χ4v) is 4.34. The highest BCUT2D eigenvalue weighted by Gasteiger charge is 2.29. The highest BCUT2D eigenvalue weighted by atomic mass is 16.2. The summed E-state index contributed by atoms with van der Waals surface area (Å²) in [6, 6.07) is 15.0. The van der Waals surface area contributed by atoms with Gasteiger partial charge in [0, 0.05) is 68.1 Å². The van der Waals surface area contributed by atoms with Gasteiger partial charge in [0.05, 0.1) is 0 Å². The van der Waals surface area contributed by atoms with Gasteiger partial charge in [0.15, 0.2) is 0 Å². The number of nitrogens with zero attached hydrogens (tertiary/aromatic N) is 5. The molecule has 1 aliphatic rings. The lowest BCUT2D eigenvalue weighted by atomic mass is 10.0. The molecule has 1 saturated heterocycles. The van der Waals surface area contributed by atoms with Gasteiger partial charge in [0.2, 0.25) is 11.9 Å². The van der Waals surface area contributed by atoms with Crippen LogP contribution < -0.4 is 5.32 Å². The second-order valence-electron chi connectivity index (χ2n) is 9.36. The van der Waals surface area contributed by atoms with Crippen LogP contribution in [0.15, 0.2) is 67.1 Å². The number of carbonyl (C=O) groups is 2. The number of amides is 2. The molecule has 3 aromatic rings. The maximum Gasteiger partial charge on any atom is 0.254 e. The van der Waals surface area contributed by atoms with Crippen LogP contribution in [-0.2, 0) is 11.2 Å². The van der Waals surface area contributed by atoms with Gasteiger partial charge < -0.3 is 15.1 Å². The van der Waals surface area contributed by atoms with E-state index in [4.69, 9.17) is 0 Å². The molecule has 0 radical (unpaired) electrons. The van der Waals surface area contributed by atoms with E-state index in [9.17, 15) is 9.59 Å². The van der Waals surface area contributed by atoms with Crippen LogP contribution in [0.2, 0.25) is 0 Å². The number of nitrogens with one attached hydrogen (secondary N) is 1. The Hall–Kier alpha value is -3.81. The third kappa shape index (κ3) is 6.85. The molecule has 0 bridgehead atoms. The molecule has 35 heavy (non-hydrogen) atoms. The smallest absolute Gasteiger partial charge is 0.254 e. The first-order chi connectivity index (χ1) is 17.0. The van der Waals surface area contributed by atoms with E-state index in [2.05, 4.69) is 34.1 Å². The van der Waals surface area contributed by atoms with Crippen LogP contribution in [0.1, 0.15) is 36.3 Å². The first-order valence-electron chi connectivity index (χ1n) is 12.1. The van der Waals surface area contributed by atoms with E-state index in [0.29, 0.717) is 56.5 Å². The van der Waals surface area contributed by atoms with Gasteiger partial charge in [-0.15, -0.1) is 0 Å². The summed E-state index contributed by atoms with van der Waals surface area (Å²) in [6.07, 6.45) is 6.33. The standard InChI is InChI=1S/C27H32N6O2/c1-20(2)15-25(34)32-13-14-33(19-21(18-32)16-23-8-3-4-10-28-23)26(35)22-7-5-9-24(17-22)31-27-29-11-6-12-30-27/h3-12,17,20-21H,13-16,18-19H2,1-2H3,(H,29,30,31). The molecule has 8 heteroatoms. The molecule has 0 aliphatic carbocycles. The number of benzene rings is 1. The molecule has 1 aromatic carbocycles. The van der Waals surface area contributed by atoms with Gasteiger partial charge in [0.25, 0.3) is 5.91 Å². The Morgan fingerprint density at radius 2 is 1.69 bits per heavy atom. The zero-order valence-corrected chi connectivity index (χ0v) is 20.3. The predicted octanol–water partition coefficient (Wildman–Crippen LogP) is 3.80. The van der Waals surface area contributed by atoms with Crippen molar-refractivity contribution < 1.29 is 9.59 Å². The van der Waals surface area contributed by atoms with Crippen molar-refractivity contribution in [3.63, 3.8) is 0 Å². The number of anilines is 2. The fraction of sp³-hybridized carbons (Fsp3) is 0.370. The molecule has 2 aromatic heterocycles. The highest BCUT2D eigenvalue weighted by molar-refractivity contribution is 5.95. The van der Waals surface area contributed by atoms with E-state index in [0.717, 1.165) is 11.4 Å². The largest absolute Gasteiger partial charge is 0.341 e. The third-order valence-electron chi connectivity index (χ3n) is 5.98. The molecule has 1 aliphatic heterocycles. The van der Waals surface area contributed by atoms with Gasteiger partial charge >= 0.3 is 0 Å². The summed E-state index contributed by atoms with van der Waals surface area (Å²) in [6.45, 7) is 6.34. The Bertz CT molecular complexity index is 1120. The topological polar surface area (TPSA) is 91.3 Å². The third-order valence-corrected chi connectivity index (χ3v) is 5.98. The first kappa shape index (κ1) is 24.3. The molecule has 1 fully saturated rings. The fourth-order valence-electron chi connectivity index (χ4n) is 4.34. The second kappa shape index (κ2) is 11.6. The zero-order valence-electron chi connectivity index (χ0n) is 20.3. The normalized spacial score (nSPS) is 16.1. The van der Waals surface area contributed by atoms with Crippen LogP contribution in [-0.4, -0.2) is 62.7 Å². The summed E-state index contributed by atoms with van der Waals surface area (Å²) in [5, 5.41) is 3.14. The van der Waals surface area contributed by atoms with Gasteiger partial charge in [-0.25, -0.2) is 9.97 Å². The number of rotatable bonds is 7. The molecule has 3 heterocycles. The molecule has 1 N–H and O–H groups in total. The lowest BCUT2D eigenvalue weighted by molar-refractivity contribution is -0.132. The van der Waals surface area contributed by atoms with E-state index >= 15 is 0 Å². The van der Waals surface area contributed by atoms with Crippen molar-refractivity contribution in [3.8, 4) is 0 Å². The minimum atomic E-state index is -0.0493. The van der Waals surface area contributed by atoms with Crippen molar-refractivity contribution >= 4 is 23.5 Å². The van der Waals surface area contributed by atoms with Crippen molar-refractivity contribution in [3.05, 3.63) is 78.4 Å². The minimum Gasteiger partial charge on any atom is -0.341 e. The summed E-state index contributed by atoms with van der Waals surface area (Å²) >= 11 is 0. The average molecular weight is 473 g/mol. The van der Waals surface area contributed by atoms with Gasteiger partial charge in [-0.2, -0.15) is 0 Å². The van der Waals surface area contributed by atoms with Crippen molar-refractivity contribution in [2.45, 2.75) is 26.7 Å². The van der Waals surface area contributed by atoms with Gasteiger partial charge in [-0.05, 0) is 54.7 Å². The van der Waals surface area contributed by atoms with E-state index in [1.165, 1.54) is 0 Å². The highest BCUT2D eigenvalue weighted by Crippen LogP contribution is 2.20. The van der Waals surface area contributed by atoms with Crippen molar-refractivity contribution in [2.24, 2.45) is 11.8 Å². The summed E-state index contributed by atoms with van der Waals surface area (Å²) in [7, 11) is 0. The molecule has 182 valence electrons. The van der Waals surface area contributed by atoms with Crippen molar-refractivity contribution in [1.82, 2.24) is 24.8 Å². The Balaban J connectivity index is 1.52. The van der Waals surface area contributed by atoms with E-state index < -0.39 is 0 Å². The monoisotopic (exact) mass is 472 g/mol. The quantitative estimate of drug-likeness (QED) is 0.562. The summed E-state index contributed by atoms with van der Waals surface area (Å²) in [5.41, 5.74) is 2.30. The van der Waals surface area contributed by atoms with Crippen molar-refractivity contribution in [2.75, 3.05) is 31.5 Å². The maximum atomic E-state index is 13.6. The molecule has 1 atom stereocenters. The average Bonchev–Trinajstić information content (AvgIpc) is 3.07.